The first kappa shape index (κ1) is 17.2. The Bertz CT molecular complexity index is 697. The van der Waals surface area contributed by atoms with E-state index in [4.69, 9.17) is 0 Å². The molecule has 0 fully saturated rings. The second-order valence-corrected chi connectivity index (χ2v) is 5.41. The Kier molecular flexibility index (Phi) is 5.52. The average Bonchev–Trinajstić information content (AvgIpc) is 2.53. The van der Waals surface area contributed by atoms with Crippen molar-refractivity contribution in [1.29, 1.82) is 0 Å². The Morgan fingerprint density at radius 3 is 2.39 bits per heavy atom. The minimum absolute atomic E-state index is 0.458. The van der Waals surface area contributed by atoms with Crippen molar-refractivity contribution in [2.75, 3.05) is 5.32 Å². The summed E-state index contributed by atoms with van der Waals surface area (Å²) in [5, 5.41) is 7.02. The molecule has 23 heavy (non-hydrogen) atoms. The molecular formula is C15H13F3N4Se. The number of rotatable bonds is 5. The quantitative estimate of drug-likeness (QED) is 0.473. The molecule has 0 aliphatic heterocycles. The van der Waals surface area contributed by atoms with Crippen molar-refractivity contribution in [3.05, 3.63) is 59.9 Å². The van der Waals surface area contributed by atoms with Crippen LogP contribution in [0.5, 0.6) is 0 Å². The minimum atomic E-state index is -4.34. The molecule has 1 aromatic heterocycles. The summed E-state index contributed by atoms with van der Waals surface area (Å²) in [6.07, 6.45) is -2.68. The topological polar surface area (TPSA) is 49.3 Å². The second kappa shape index (κ2) is 7.39. The fourth-order valence-electron chi connectivity index (χ4n) is 1.67. The van der Waals surface area contributed by atoms with E-state index in [1.807, 2.05) is 18.2 Å². The first-order valence-electron chi connectivity index (χ1n) is 6.56. The van der Waals surface area contributed by atoms with Crippen molar-refractivity contribution >= 4 is 31.6 Å². The van der Waals surface area contributed by atoms with Crippen LogP contribution in [0.3, 0.4) is 0 Å². The van der Waals surface area contributed by atoms with Gasteiger partial charge in [-0.05, 0) is 0 Å². The monoisotopic (exact) mass is 386 g/mol. The maximum atomic E-state index is 12.5. The number of aromatic nitrogens is 1. The summed E-state index contributed by atoms with van der Waals surface area (Å²) < 4.78 is 37.9. The van der Waals surface area contributed by atoms with Gasteiger partial charge in [0, 0.05) is 0 Å². The third kappa shape index (κ3) is 5.19. The SMILES string of the molecule is CC(=NNC(=[Se])Nc1ccc(C(F)(F)F)cc1)c1ccccn1. The summed E-state index contributed by atoms with van der Waals surface area (Å²) in [6, 6.07) is 10.2. The van der Waals surface area contributed by atoms with Gasteiger partial charge in [-0.3, -0.25) is 0 Å². The molecule has 0 saturated carbocycles. The first-order chi connectivity index (χ1) is 10.9. The average molecular weight is 385 g/mol. The maximum absolute atomic E-state index is 12.5. The summed E-state index contributed by atoms with van der Waals surface area (Å²) in [5.74, 6) is 0. The molecule has 4 nitrogen and oxygen atoms in total. The van der Waals surface area contributed by atoms with Crippen molar-refractivity contribution in [3.8, 4) is 0 Å². The summed E-state index contributed by atoms with van der Waals surface area (Å²) >= 11 is 2.72. The molecule has 0 aliphatic carbocycles. The van der Waals surface area contributed by atoms with Gasteiger partial charge in [-0.25, -0.2) is 0 Å². The van der Waals surface area contributed by atoms with Gasteiger partial charge in [0.25, 0.3) is 0 Å². The van der Waals surface area contributed by atoms with Gasteiger partial charge in [-0.15, -0.1) is 0 Å². The summed E-state index contributed by atoms with van der Waals surface area (Å²) in [4.78, 5) is 4.16. The molecule has 1 heterocycles. The zero-order valence-corrected chi connectivity index (χ0v) is 13.8. The number of hydrogen-bond donors (Lipinski definition) is 2. The summed E-state index contributed by atoms with van der Waals surface area (Å²) in [7, 11) is 0. The van der Waals surface area contributed by atoms with E-state index in [0.717, 1.165) is 17.8 Å². The number of alkyl halides is 3. The van der Waals surface area contributed by atoms with Gasteiger partial charge in [0.2, 0.25) is 0 Å². The van der Waals surface area contributed by atoms with Gasteiger partial charge >= 0.3 is 139 Å². The molecule has 0 unspecified atom stereocenters. The summed E-state index contributed by atoms with van der Waals surface area (Å²) in [5.41, 5.74) is 3.96. The van der Waals surface area contributed by atoms with E-state index in [1.54, 1.807) is 13.1 Å². The first-order valence-corrected chi connectivity index (χ1v) is 7.42. The van der Waals surface area contributed by atoms with Crippen LogP contribution >= 0.6 is 0 Å². The molecule has 0 spiro atoms. The third-order valence-electron chi connectivity index (χ3n) is 2.83. The van der Waals surface area contributed by atoms with Crippen LogP contribution in [0.15, 0.2) is 53.8 Å². The van der Waals surface area contributed by atoms with Crippen LogP contribution in [0.2, 0.25) is 0 Å². The molecule has 2 aromatic rings. The molecule has 2 rings (SSSR count). The standard InChI is InChI=1S/C15H13F3N4Se/c1-10(13-4-2-3-9-19-13)21-22-14(23)20-12-7-5-11(6-8-12)15(16,17)18/h2-9H,1H3,(H2,20,22,23). The van der Waals surface area contributed by atoms with E-state index in [9.17, 15) is 13.2 Å². The number of anilines is 1. The number of halogens is 3. The van der Waals surface area contributed by atoms with Crippen molar-refractivity contribution < 1.29 is 13.2 Å². The predicted octanol–water partition coefficient (Wildman–Crippen LogP) is 2.78. The number of hydrogen-bond acceptors (Lipinski definition) is 4. The fraction of sp³-hybridized carbons (Fsp3) is 0.133. The number of hydrazone groups is 1. The third-order valence-corrected chi connectivity index (χ3v) is 3.24. The Labute approximate surface area is 139 Å². The number of benzene rings is 1. The van der Waals surface area contributed by atoms with Gasteiger partial charge < -0.3 is 0 Å². The van der Waals surface area contributed by atoms with E-state index in [-0.39, 0.29) is 0 Å². The molecule has 0 radical (unpaired) electrons. The van der Waals surface area contributed by atoms with Gasteiger partial charge in [0.15, 0.2) is 0 Å². The second-order valence-electron chi connectivity index (χ2n) is 4.55. The van der Waals surface area contributed by atoms with E-state index in [2.05, 4.69) is 36.4 Å². The van der Waals surface area contributed by atoms with Crippen molar-refractivity contribution in [1.82, 2.24) is 10.4 Å². The van der Waals surface area contributed by atoms with Crippen LogP contribution in [0.4, 0.5) is 18.9 Å². The molecule has 1 aromatic carbocycles. The fourth-order valence-corrected chi connectivity index (χ4v) is 2.01. The van der Waals surface area contributed by atoms with E-state index < -0.39 is 11.7 Å². The molecule has 120 valence electrons. The number of nitrogens with zero attached hydrogens (tertiary/aromatic N) is 2. The summed E-state index contributed by atoms with van der Waals surface area (Å²) in [6.45, 7) is 1.79. The van der Waals surface area contributed by atoms with Gasteiger partial charge in [0.05, 0.1) is 0 Å². The zero-order chi connectivity index (χ0) is 16.9. The normalized spacial score (nSPS) is 11.9. The zero-order valence-electron chi connectivity index (χ0n) is 12.1. The van der Waals surface area contributed by atoms with Crippen LogP contribution in [0, 0.1) is 0 Å². The number of pyridine rings is 1. The Morgan fingerprint density at radius 2 is 1.83 bits per heavy atom. The van der Waals surface area contributed by atoms with Crippen molar-refractivity contribution in [3.63, 3.8) is 0 Å². The van der Waals surface area contributed by atoms with Crippen LogP contribution < -0.4 is 10.7 Å². The van der Waals surface area contributed by atoms with Crippen molar-refractivity contribution in [2.45, 2.75) is 13.1 Å². The molecule has 2 N–H and O–H groups in total. The van der Waals surface area contributed by atoms with Gasteiger partial charge in [-0.2, -0.15) is 0 Å². The number of nitrogens with one attached hydrogen (secondary N) is 2. The Balaban J connectivity index is 1.95. The van der Waals surface area contributed by atoms with E-state index in [1.165, 1.54) is 12.1 Å². The molecule has 0 saturated heterocycles. The molecule has 0 bridgehead atoms. The van der Waals surface area contributed by atoms with E-state index in [0.29, 0.717) is 16.1 Å². The van der Waals surface area contributed by atoms with Crippen LogP contribution in [-0.2, 0) is 6.18 Å². The molecular weight excluding hydrogens is 372 g/mol. The molecule has 0 atom stereocenters. The van der Waals surface area contributed by atoms with Crippen LogP contribution in [-0.4, -0.2) is 30.9 Å². The van der Waals surface area contributed by atoms with E-state index >= 15 is 0 Å². The molecule has 8 heteroatoms. The van der Waals surface area contributed by atoms with Crippen molar-refractivity contribution in [2.24, 2.45) is 5.10 Å². The van der Waals surface area contributed by atoms with Crippen LogP contribution in [0.1, 0.15) is 18.2 Å². The Morgan fingerprint density at radius 1 is 1.13 bits per heavy atom. The van der Waals surface area contributed by atoms with Crippen LogP contribution in [0.25, 0.3) is 0 Å². The van der Waals surface area contributed by atoms with Gasteiger partial charge in [0.1, 0.15) is 0 Å². The Hall–Kier alpha value is -2.18. The predicted molar refractivity (Wildman–Crippen MR) is 85.4 cm³/mol. The molecule has 0 amide bonds. The molecule has 0 aliphatic rings. The van der Waals surface area contributed by atoms with Gasteiger partial charge in [-0.1, -0.05) is 0 Å².